The van der Waals surface area contributed by atoms with Crippen molar-refractivity contribution in [1.29, 1.82) is 0 Å². The number of pyridine rings is 1. The highest BCUT2D eigenvalue weighted by molar-refractivity contribution is 6.17. The van der Waals surface area contributed by atoms with Crippen LogP contribution in [0.4, 0.5) is 5.69 Å². The van der Waals surface area contributed by atoms with Gasteiger partial charge < -0.3 is 5.73 Å². The Morgan fingerprint density at radius 3 is 2.90 bits per heavy atom. The number of hydrogen-bond acceptors (Lipinski definition) is 4. The van der Waals surface area contributed by atoms with Gasteiger partial charge in [0.1, 0.15) is 5.69 Å². The monoisotopic (exact) mass is 278 g/mol. The second kappa shape index (κ2) is 4.41. The molecular formula is C16H14N4O. The fourth-order valence-electron chi connectivity index (χ4n) is 2.62. The number of nitrogens with one attached hydrogen (secondary N) is 1. The molecule has 3 aromatic rings. The molecule has 1 aliphatic rings. The van der Waals surface area contributed by atoms with Crippen LogP contribution in [0.1, 0.15) is 40.4 Å². The van der Waals surface area contributed by atoms with Gasteiger partial charge in [0.15, 0.2) is 0 Å². The predicted molar refractivity (Wildman–Crippen MR) is 80.2 cm³/mol. The van der Waals surface area contributed by atoms with E-state index in [1.54, 1.807) is 18.5 Å². The first-order chi connectivity index (χ1) is 10.2. The Labute approximate surface area is 121 Å². The van der Waals surface area contributed by atoms with Crippen molar-refractivity contribution in [3.63, 3.8) is 0 Å². The molecule has 104 valence electrons. The van der Waals surface area contributed by atoms with Gasteiger partial charge in [-0.15, -0.1) is 0 Å². The Kier molecular flexibility index (Phi) is 2.54. The van der Waals surface area contributed by atoms with E-state index >= 15 is 0 Å². The van der Waals surface area contributed by atoms with Crippen LogP contribution in [0.5, 0.6) is 0 Å². The lowest BCUT2D eigenvalue weighted by Gasteiger charge is -2.07. The molecule has 3 N–H and O–H groups in total. The molecule has 0 atom stereocenters. The van der Waals surface area contributed by atoms with Crippen molar-refractivity contribution in [3.05, 3.63) is 53.5 Å². The molecule has 1 aromatic carbocycles. The van der Waals surface area contributed by atoms with Gasteiger partial charge in [0.25, 0.3) is 0 Å². The molecule has 0 bridgehead atoms. The van der Waals surface area contributed by atoms with E-state index in [4.69, 9.17) is 5.73 Å². The SMILES string of the molecule is Nc1cc(C2CC2)cnc1C(=O)c1cccc2[nH]ncc12. The van der Waals surface area contributed by atoms with Gasteiger partial charge >= 0.3 is 0 Å². The Morgan fingerprint density at radius 1 is 1.29 bits per heavy atom. The summed E-state index contributed by atoms with van der Waals surface area (Å²) in [5.41, 5.74) is 9.33. The number of benzene rings is 1. The number of aromatic nitrogens is 3. The number of hydrogen-bond donors (Lipinski definition) is 2. The summed E-state index contributed by atoms with van der Waals surface area (Å²) in [4.78, 5) is 17.0. The summed E-state index contributed by atoms with van der Waals surface area (Å²) in [5.74, 6) is 0.406. The molecule has 0 amide bonds. The molecular weight excluding hydrogens is 264 g/mol. The Hall–Kier alpha value is -2.69. The van der Waals surface area contributed by atoms with Gasteiger partial charge in [0, 0.05) is 17.1 Å². The Bertz CT molecular complexity index is 848. The van der Waals surface area contributed by atoms with Gasteiger partial charge in [-0.1, -0.05) is 12.1 Å². The quantitative estimate of drug-likeness (QED) is 0.721. The highest BCUT2D eigenvalue weighted by atomic mass is 16.1. The van der Waals surface area contributed by atoms with Crippen molar-refractivity contribution < 1.29 is 4.79 Å². The standard InChI is InChI=1S/C16H14N4O/c17-13-6-10(9-4-5-9)7-18-15(13)16(21)11-2-1-3-14-12(11)8-19-20-14/h1-3,6-9H,4-5,17H2,(H,19,20). The molecule has 21 heavy (non-hydrogen) atoms. The lowest BCUT2D eigenvalue weighted by atomic mass is 10.0. The number of ketones is 1. The van der Waals surface area contributed by atoms with E-state index < -0.39 is 0 Å². The number of nitrogens with zero attached hydrogens (tertiary/aromatic N) is 2. The molecule has 0 spiro atoms. The lowest BCUT2D eigenvalue weighted by molar-refractivity contribution is 0.103. The van der Waals surface area contributed by atoms with Gasteiger partial charge in [0.2, 0.25) is 5.78 Å². The van der Waals surface area contributed by atoms with Crippen molar-refractivity contribution in [2.24, 2.45) is 0 Å². The molecule has 0 aliphatic heterocycles. The van der Waals surface area contributed by atoms with Crippen LogP contribution in [0.2, 0.25) is 0 Å². The molecule has 1 saturated carbocycles. The van der Waals surface area contributed by atoms with Gasteiger partial charge in [-0.3, -0.25) is 14.9 Å². The van der Waals surface area contributed by atoms with E-state index in [1.165, 1.54) is 12.8 Å². The van der Waals surface area contributed by atoms with E-state index in [9.17, 15) is 4.79 Å². The van der Waals surface area contributed by atoms with Gasteiger partial charge in [-0.05, 0) is 36.5 Å². The summed E-state index contributed by atoms with van der Waals surface area (Å²) in [6.07, 6.45) is 5.79. The van der Waals surface area contributed by atoms with Crippen LogP contribution in [0.15, 0.2) is 36.7 Å². The first-order valence-corrected chi connectivity index (χ1v) is 6.96. The van der Waals surface area contributed by atoms with Crippen LogP contribution in [-0.2, 0) is 0 Å². The van der Waals surface area contributed by atoms with Crippen LogP contribution >= 0.6 is 0 Å². The Morgan fingerprint density at radius 2 is 2.14 bits per heavy atom. The first-order valence-electron chi connectivity index (χ1n) is 6.96. The number of rotatable bonds is 3. The number of nitrogens with two attached hydrogens (primary N) is 1. The minimum absolute atomic E-state index is 0.165. The number of aromatic amines is 1. The number of anilines is 1. The zero-order valence-electron chi connectivity index (χ0n) is 11.3. The van der Waals surface area contributed by atoms with Crippen molar-refractivity contribution in [2.45, 2.75) is 18.8 Å². The third-order valence-corrected chi connectivity index (χ3v) is 3.93. The van der Waals surface area contributed by atoms with Crippen LogP contribution in [0.25, 0.3) is 10.9 Å². The molecule has 5 nitrogen and oxygen atoms in total. The second-order valence-corrected chi connectivity index (χ2v) is 5.45. The average molecular weight is 278 g/mol. The van der Waals surface area contributed by atoms with Gasteiger partial charge in [-0.2, -0.15) is 5.10 Å². The molecule has 2 aromatic heterocycles. The summed E-state index contributed by atoms with van der Waals surface area (Å²) in [7, 11) is 0. The predicted octanol–water partition coefficient (Wildman–Crippen LogP) is 2.65. The summed E-state index contributed by atoms with van der Waals surface area (Å²) in [5, 5.41) is 7.62. The van der Waals surface area contributed by atoms with E-state index in [0.717, 1.165) is 16.5 Å². The summed E-state index contributed by atoms with van der Waals surface area (Å²) < 4.78 is 0. The molecule has 5 heteroatoms. The van der Waals surface area contributed by atoms with Crippen molar-refractivity contribution in [1.82, 2.24) is 15.2 Å². The molecule has 0 unspecified atom stereocenters. The second-order valence-electron chi connectivity index (χ2n) is 5.45. The number of carbonyl (C=O) groups is 1. The van der Waals surface area contributed by atoms with Crippen LogP contribution in [0.3, 0.4) is 0 Å². The fourth-order valence-corrected chi connectivity index (χ4v) is 2.62. The molecule has 4 rings (SSSR count). The molecule has 0 saturated heterocycles. The van der Waals surface area contributed by atoms with Gasteiger partial charge in [-0.25, -0.2) is 0 Å². The maximum absolute atomic E-state index is 12.7. The summed E-state index contributed by atoms with van der Waals surface area (Å²) in [6, 6.07) is 7.36. The number of carbonyl (C=O) groups excluding carboxylic acids is 1. The van der Waals surface area contributed by atoms with Gasteiger partial charge in [0.05, 0.1) is 17.4 Å². The lowest BCUT2D eigenvalue weighted by Crippen LogP contribution is -2.09. The van der Waals surface area contributed by atoms with E-state index in [-0.39, 0.29) is 5.78 Å². The van der Waals surface area contributed by atoms with E-state index in [2.05, 4.69) is 15.2 Å². The largest absolute Gasteiger partial charge is 0.397 e. The first kappa shape index (κ1) is 12.1. The Balaban J connectivity index is 1.79. The van der Waals surface area contributed by atoms with Crippen LogP contribution in [0, 0.1) is 0 Å². The smallest absolute Gasteiger partial charge is 0.214 e. The maximum Gasteiger partial charge on any atom is 0.214 e. The highest BCUT2D eigenvalue weighted by Crippen LogP contribution is 2.40. The zero-order valence-corrected chi connectivity index (χ0v) is 11.3. The number of nitrogen functional groups attached to an aromatic ring is 1. The molecule has 0 radical (unpaired) electrons. The fraction of sp³-hybridized carbons (Fsp3) is 0.188. The normalized spacial score (nSPS) is 14.5. The molecule has 1 fully saturated rings. The minimum atomic E-state index is -0.165. The zero-order chi connectivity index (χ0) is 14.4. The molecule has 1 aliphatic carbocycles. The summed E-state index contributed by atoms with van der Waals surface area (Å²) in [6.45, 7) is 0. The minimum Gasteiger partial charge on any atom is -0.397 e. The van der Waals surface area contributed by atoms with Crippen LogP contribution < -0.4 is 5.73 Å². The third kappa shape index (κ3) is 1.98. The molecule has 2 heterocycles. The van der Waals surface area contributed by atoms with Crippen molar-refractivity contribution in [3.8, 4) is 0 Å². The summed E-state index contributed by atoms with van der Waals surface area (Å²) >= 11 is 0. The maximum atomic E-state index is 12.7. The number of H-pyrrole nitrogens is 1. The van der Waals surface area contributed by atoms with E-state index in [0.29, 0.717) is 22.9 Å². The average Bonchev–Trinajstić information content (AvgIpc) is 3.23. The van der Waals surface area contributed by atoms with Crippen molar-refractivity contribution in [2.75, 3.05) is 5.73 Å². The highest BCUT2D eigenvalue weighted by Gasteiger charge is 2.25. The topological polar surface area (TPSA) is 84.7 Å². The third-order valence-electron chi connectivity index (χ3n) is 3.93. The van der Waals surface area contributed by atoms with Crippen molar-refractivity contribution >= 4 is 22.4 Å². The van der Waals surface area contributed by atoms with E-state index in [1.807, 2.05) is 18.2 Å². The number of fused-ring (bicyclic) bond motifs is 1. The van der Waals surface area contributed by atoms with Crippen LogP contribution in [-0.4, -0.2) is 21.0 Å².